The first-order valence-electron chi connectivity index (χ1n) is 8.33. The second-order valence-electron chi connectivity index (χ2n) is 5.76. The fourth-order valence-corrected chi connectivity index (χ4v) is 4.00. The fraction of sp³-hybridized carbons (Fsp3) is 0.100. The zero-order valence-corrected chi connectivity index (χ0v) is 16.7. The van der Waals surface area contributed by atoms with Crippen LogP contribution in [-0.4, -0.2) is 16.6 Å². The number of thiophene rings is 1. The molecule has 0 saturated carbocycles. The Morgan fingerprint density at radius 3 is 2.59 bits per heavy atom. The lowest BCUT2D eigenvalue weighted by molar-refractivity contribution is 0.340. The Morgan fingerprint density at radius 1 is 1.04 bits per heavy atom. The average Bonchev–Trinajstić information content (AvgIpc) is 3.11. The summed E-state index contributed by atoms with van der Waals surface area (Å²) in [6.45, 7) is 2.62. The minimum atomic E-state index is 0.490. The first kappa shape index (κ1) is 18.0. The van der Waals surface area contributed by atoms with Crippen LogP contribution in [0.2, 0.25) is 10.0 Å². The summed E-state index contributed by atoms with van der Waals surface area (Å²) in [7, 11) is 0. The molecule has 7 heteroatoms. The van der Waals surface area contributed by atoms with Gasteiger partial charge in [-0.1, -0.05) is 35.3 Å². The second-order valence-corrected chi connectivity index (χ2v) is 7.44. The average molecular weight is 416 g/mol. The first-order chi connectivity index (χ1) is 13.2. The van der Waals surface area contributed by atoms with E-state index in [0.717, 1.165) is 38.6 Å². The molecule has 136 valence electrons. The van der Waals surface area contributed by atoms with Gasteiger partial charge in [0.15, 0.2) is 0 Å². The second kappa shape index (κ2) is 7.72. The molecule has 2 aromatic heterocycles. The number of aromatic nitrogens is 2. The Kier molecular flexibility index (Phi) is 5.16. The summed E-state index contributed by atoms with van der Waals surface area (Å²) in [4.78, 5) is 9.76. The maximum Gasteiger partial charge on any atom is 0.143 e. The highest BCUT2D eigenvalue weighted by atomic mass is 35.5. The highest BCUT2D eigenvalue weighted by Crippen LogP contribution is 2.38. The summed E-state index contributed by atoms with van der Waals surface area (Å²) in [5, 5.41) is 7.40. The number of hydrogen-bond donors (Lipinski definition) is 1. The Labute approximate surface area is 170 Å². The number of benzene rings is 2. The highest BCUT2D eigenvalue weighted by molar-refractivity contribution is 7.17. The number of anilines is 2. The van der Waals surface area contributed by atoms with Crippen molar-refractivity contribution in [3.8, 4) is 16.9 Å². The molecule has 2 heterocycles. The predicted octanol–water partition coefficient (Wildman–Crippen LogP) is 6.81. The van der Waals surface area contributed by atoms with Gasteiger partial charge in [0.2, 0.25) is 0 Å². The van der Waals surface area contributed by atoms with Gasteiger partial charge in [-0.15, -0.1) is 11.3 Å². The molecule has 0 saturated heterocycles. The molecule has 0 amide bonds. The molecular formula is C20H15Cl2N3OS. The van der Waals surface area contributed by atoms with Crippen molar-refractivity contribution in [1.29, 1.82) is 0 Å². The fourth-order valence-electron chi connectivity index (χ4n) is 2.79. The molecule has 0 spiro atoms. The van der Waals surface area contributed by atoms with Crippen LogP contribution in [0.1, 0.15) is 6.92 Å². The van der Waals surface area contributed by atoms with Crippen molar-refractivity contribution in [3.63, 3.8) is 0 Å². The molecule has 0 atom stereocenters. The lowest BCUT2D eigenvalue weighted by Gasteiger charge is -2.10. The number of fused-ring (bicyclic) bond motifs is 1. The van der Waals surface area contributed by atoms with Gasteiger partial charge in [0.05, 0.1) is 22.0 Å². The lowest BCUT2D eigenvalue weighted by Crippen LogP contribution is -1.95. The normalized spacial score (nSPS) is 10.9. The van der Waals surface area contributed by atoms with Crippen molar-refractivity contribution in [2.75, 3.05) is 11.9 Å². The molecule has 4 rings (SSSR count). The summed E-state index contributed by atoms with van der Waals surface area (Å²) in [6, 6.07) is 13.4. The van der Waals surface area contributed by atoms with Crippen LogP contribution in [0.5, 0.6) is 5.75 Å². The summed E-state index contributed by atoms with van der Waals surface area (Å²) in [6.07, 6.45) is 1.56. The standard InChI is InChI=1S/C20H15Cl2N3OS/c1-2-26-14-6-3-12(4-7-14)15-10-27-20-18(15)19(23-11-24-20)25-13-5-8-16(21)17(22)9-13/h3-11H,2H2,1H3,(H,23,24,25). The molecule has 27 heavy (non-hydrogen) atoms. The van der Waals surface area contributed by atoms with E-state index < -0.39 is 0 Å². The number of rotatable bonds is 5. The molecule has 0 aliphatic rings. The summed E-state index contributed by atoms with van der Waals surface area (Å²) >= 11 is 13.7. The number of halogens is 2. The minimum Gasteiger partial charge on any atom is -0.494 e. The zero-order valence-electron chi connectivity index (χ0n) is 14.4. The third kappa shape index (κ3) is 3.72. The molecule has 4 aromatic rings. The van der Waals surface area contributed by atoms with Gasteiger partial charge < -0.3 is 10.1 Å². The van der Waals surface area contributed by atoms with E-state index in [1.54, 1.807) is 29.8 Å². The van der Waals surface area contributed by atoms with Crippen molar-refractivity contribution < 1.29 is 4.74 Å². The van der Waals surface area contributed by atoms with E-state index >= 15 is 0 Å². The topological polar surface area (TPSA) is 47.0 Å². The maximum absolute atomic E-state index is 6.13. The van der Waals surface area contributed by atoms with E-state index in [4.69, 9.17) is 27.9 Å². The van der Waals surface area contributed by atoms with Gasteiger partial charge in [-0.2, -0.15) is 0 Å². The van der Waals surface area contributed by atoms with Gasteiger partial charge in [-0.3, -0.25) is 0 Å². The molecule has 2 aromatic carbocycles. The van der Waals surface area contributed by atoms with Gasteiger partial charge in [-0.25, -0.2) is 9.97 Å². The molecule has 0 unspecified atom stereocenters. The van der Waals surface area contributed by atoms with Crippen LogP contribution in [0.4, 0.5) is 11.5 Å². The van der Waals surface area contributed by atoms with Gasteiger partial charge >= 0.3 is 0 Å². The Hall–Kier alpha value is -2.34. The molecule has 0 aliphatic carbocycles. The first-order valence-corrected chi connectivity index (χ1v) is 9.96. The zero-order chi connectivity index (χ0) is 18.8. The molecule has 0 aliphatic heterocycles. The molecule has 0 bridgehead atoms. The van der Waals surface area contributed by atoms with Gasteiger partial charge in [0.1, 0.15) is 22.7 Å². The third-order valence-corrected chi connectivity index (χ3v) is 5.65. The van der Waals surface area contributed by atoms with Gasteiger partial charge in [0, 0.05) is 16.6 Å². The number of nitrogens with zero attached hydrogens (tertiary/aromatic N) is 2. The van der Waals surface area contributed by atoms with E-state index in [0.29, 0.717) is 16.7 Å². The van der Waals surface area contributed by atoms with E-state index in [-0.39, 0.29) is 0 Å². The minimum absolute atomic E-state index is 0.490. The van der Waals surface area contributed by atoms with Crippen LogP contribution < -0.4 is 10.1 Å². The Bertz CT molecular complexity index is 1100. The number of hydrogen-bond acceptors (Lipinski definition) is 5. The van der Waals surface area contributed by atoms with Crippen LogP contribution in [0.15, 0.2) is 54.2 Å². The molecular weight excluding hydrogens is 401 g/mol. The number of nitrogens with one attached hydrogen (secondary N) is 1. The Morgan fingerprint density at radius 2 is 1.85 bits per heavy atom. The van der Waals surface area contributed by atoms with Crippen LogP contribution >= 0.6 is 34.5 Å². The van der Waals surface area contributed by atoms with E-state index in [1.165, 1.54) is 0 Å². The maximum atomic E-state index is 6.13. The van der Waals surface area contributed by atoms with Crippen LogP contribution in [0.3, 0.4) is 0 Å². The summed E-state index contributed by atoms with van der Waals surface area (Å²) in [5.74, 6) is 1.58. The van der Waals surface area contributed by atoms with Gasteiger partial charge in [0.25, 0.3) is 0 Å². The number of ether oxygens (including phenoxy) is 1. The SMILES string of the molecule is CCOc1ccc(-c2csc3ncnc(Nc4ccc(Cl)c(Cl)c4)c23)cc1. The van der Waals surface area contributed by atoms with Crippen molar-refractivity contribution in [1.82, 2.24) is 9.97 Å². The lowest BCUT2D eigenvalue weighted by atomic mass is 10.1. The smallest absolute Gasteiger partial charge is 0.143 e. The van der Waals surface area contributed by atoms with Crippen molar-refractivity contribution in [2.24, 2.45) is 0 Å². The molecule has 1 N–H and O–H groups in total. The quantitative estimate of drug-likeness (QED) is 0.388. The molecule has 0 fully saturated rings. The van der Waals surface area contributed by atoms with Crippen LogP contribution in [-0.2, 0) is 0 Å². The monoisotopic (exact) mass is 415 g/mol. The van der Waals surface area contributed by atoms with E-state index in [2.05, 4.69) is 20.7 Å². The molecule has 0 radical (unpaired) electrons. The van der Waals surface area contributed by atoms with Crippen LogP contribution in [0, 0.1) is 0 Å². The van der Waals surface area contributed by atoms with Crippen molar-refractivity contribution >= 4 is 56.3 Å². The predicted molar refractivity (Wildman–Crippen MR) is 114 cm³/mol. The largest absolute Gasteiger partial charge is 0.494 e. The third-order valence-electron chi connectivity index (χ3n) is 4.03. The Balaban J connectivity index is 1.76. The van der Waals surface area contributed by atoms with Gasteiger partial charge in [-0.05, 0) is 42.8 Å². The van der Waals surface area contributed by atoms with E-state index in [9.17, 15) is 0 Å². The highest BCUT2D eigenvalue weighted by Gasteiger charge is 2.14. The van der Waals surface area contributed by atoms with E-state index in [1.807, 2.05) is 37.3 Å². The van der Waals surface area contributed by atoms with Crippen molar-refractivity contribution in [3.05, 3.63) is 64.2 Å². The van der Waals surface area contributed by atoms with Crippen LogP contribution in [0.25, 0.3) is 21.3 Å². The summed E-state index contributed by atoms with van der Waals surface area (Å²) < 4.78 is 5.53. The molecule has 4 nitrogen and oxygen atoms in total. The van der Waals surface area contributed by atoms with Crippen molar-refractivity contribution in [2.45, 2.75) is 6.92 Å². The summed E-state index contributed by atoms with van der Waals surface area (Å²) in [5.41, 5.74) is 2.96.